The van der Waals surface area contributed by atoms with Gasteiger partial charge in [-0.25, -0.2) is 0 Å². The minimum Gasteiger partial charge on any atom is -0.303 e. The van der Waals surface area contributed by atoms with Crippen LogP contribution in [0.15, 0.2) is 0 Å². The molecule has 2 unspecified atom stereocenters. The molecule has 0 spiro atoms. The first kappa shape index (κ1) is 13.6. The van der Waals surface area contributed by atoms with Gasteiger partial charge >= 0.3 is 12.4 Å². The summed E-state index contributed by atoms with van der Waals surface area (Å²) in [6.07, 6.45) is -9.33. The predicted molar refractivity (Wildman–Crippen MR) is 45.9 cm³/mol. The minimum atomic E-state index is -4.36. The topological polar surface area (TPSA) is 12.0 Å². The Bertz CT molecular complexity index is 221. The molecule has 1 heterocycles. The Balaban J connectivity index is 2.39. The van der Waals surface area contributed by atoms with Gasteiger partial charge in [-0.3, -0.25) is 0 Å². The molecule has 16 heavy (non-hydrogen) atoms. The molecule has 0 radical (unpaired) electrons. The van der Waals surface area contributed by atoms with Gasteiger partial charge in [0, 0.05) is 12.5 Å². The van der Waals surface area contributed by atoms with Crippen molar-refractivity contribution in [2.75, 3.05) is 0 Å². The summed E-state index contributed by atoms with van der Waals surface area (Å²) in [6, 6.07) is -2.33. The van der Waals surface area contributed by atoms with Gasteiger partial charge in [-0.15, -0.1) is 0 Å². The molecule has 2 atom stereocenters. The fourth-order valence-electron chi connectivity index (χ4n) is 1.84. The van der Waals surface area contributed by atoms with Crippen molar-refractivity contribution < 1.29 is 26.3 Å². The minimum absolute atomic E-state index is 0.0496. The molecule has 0 aromatic heterocycles. The summed E-state index contributed by atoms with van der Waals surface area (Å²) in [5.41, 5.74) is 0. The number of nitrogens with one attached hydrogen (secondary N) is 1. The monoisotopic (exact) mass is 249 g/mol. The first-order chi connectivity index (χ1) is 7.18. The maximum atomic E-state index is 12.3. The van der Waals surface area contributed by atoms with Gasteiger partial charge < -0.3 is 5.32 Å². The Morgan fingerprint density at radius 3 is 2.12 bits per heavy atom. The van der Waals surface area contributed by atoms with E-state index in [2.05, 4.69) is 5.32 Å². The summed E-state index contributed by atoms with van der Waals surface area (Å²) in [5.74, 6) is 0. The van der Waals surface area contributed by atoms with Crippen LogP contribution in [0.5, 0.6) is 0 Å². The lowest BCUT2D eigenvalue weighted by Gasteiger charge is -2.32. The Morgan fingerprint density at radius 1 is 1.00 bits per heavy atom. The highest BCUT2D eigenvalue weighted by molar-refractivity contribution is 4.85. The van der Waals surface area contributed by atoms with Crippen LogP contribution < -0.4 is 5.32 Å². The number of alkyl halides is 6. The van der Waals surface area contributed by atoms with Crippen LogP contribution in [0.3, 0.4) is 0 Å². The van der Waals surface area contributed by atoms with Crippen molar-refractivity contribution in [2.24, 2.45) is 0 Å². The second kappa shape index (κ2) is 4.81. The van der Waals surface area contributed by atoms with Crippen LogP contribution >= 0.6 is 0 Å². The second-order valence-electron chi connectivity index (χ2n) is 4.04. The Morgan fingerprint density at radius 2 is 1.62 bits per heavy atom. The lowest BCUT2D eigenvalue weighted by atomic mass is 9.95. The highest BCUT2D eigenvalue weighted by atomic mass is 19.4. The lowest BCUT2D eigenvalue weighted by molar-refractivity contribution is -0.165. The largest absolute Gasteiger partial charge is 0.403 e. The molecular formula is C9H13F6N. The molecule has 0 aromatic rings. The van der Waals surface area contributed by atoms with Crippen molar-refractivity contribution in [1.82, 2.24) is 5.32 Å². The lowest BCUT2D eigenvalue weighted by Crippen LogP contribution is -2.50. The fourth-order valence-corrected chi connectivity index (χ4v) is 1.84. The van der Waals surface area contributed by atoms with E-state index in [9.17, 15) is 26.3 Å². The first-order valence-corrected chi connectivity index (χ1v) is 5.08. The fraction of sp³-hybridized carbons (Fsp3) is 1.00. The number of rotatable bonds is 2. The van der Waals surface area contributed by atoms with Gasteiger partial charge in [-0.05, 0) is 19.3 Å². The van der Waals surface area contributed by atoms with E-state index in [1.165, 1.54) is 0 Å². The van der Waals surface area contributed by atoms with Crippen LogP contribution in [0.4, 0.5) is 26.3 Å². The average Bonchev–Trinajstić information content (AvgIpc) is 2.13. The highest BCUT2D eigenvalue weighted by Crippen LogP contribution is 2.30. The van der Waals surface area contributed by atoms with Gasteiger partial charge in [0.2, 0.25) is 0 Å². The third-order valence-electron chi connectivity index (χ3n) is 2.65. The summed E-state index contributed by atoms with van der Waals surface area (Å²) < 4.78 is 72.6. The zero-order chi connectivity index (χ0) is 12.4. The molecular weight excluding hydrogens is 236 g/mol. The molecule has 0 saturated carbocycles. The molecule has 0 bridgehead atoms. The van der Waals surface area contributed by atoms with Crippen LogP contribution in [-0.4, -0.2) is 24.4 Å². The third kappa shape index (κ3) is 4.59. The molecule has 7 heteroatoms. The zero-order valence-corrected chi connectivity index (χ0v) is 8.46. The SMILES string of the molecule is FC(F)(F)CCC1CCCC(C(F)(F)F)N1. The van der Waals surface area contributed by atoms with Crippen molar-refractivity contribution in [3.8, 4) is 0 Å². The maximum Gasteiger partial charge on any atom is 0.403 e. The van der Waals surface area contributed by atoms with E-state index in [4.69, 9.17) is 0 Å². The molecule has 0 aromatic carbocycles. The van der Waals surface area contributed by atoms with Gasteiger partial charge in [0.1, 0.15) is 6.04 Å². The number of hydrogen-bond acceptors (Lipinski definition) is 1. The highest BCUT2D eigenvalue weighted by Gasteiger charge is 2.42. The molecule has 0 amide bonds. The summed E-state index contributed by atoms with van der Waals surface area (Å²) in [4.78, 5) is 0. The van der Waals surface area contributed by atoms with Crippen LogP contribution in [0, 0.1) is 0 Å². The molecule has 96 valence electrons. The summed E-state index contributed by atoms with van der Waals surface area (Å²) in [6.45, 7) is 0. The van der Waals surface area contributed by atoms with Crippen LogP contribution in [0.2, 0.25) is 0 Å². The second-order valence-corrected chi connectivity index (χ2v) is 4.04. The molecule has 1 aliphatic rings. The van der Waals surface area contributed by atoms with E-state index < -0.39 is 30.9 Å². The number of halogens is 6. The van der Waals surface area contributed by atoms with Crippen LogP contribution in [-0.2, 0) is 0 Å². The van der Waals surface area contributed by atoms with Crippen molar-refractivity contribution >= 4 is 0 Å². The summed E-state index contributed by atoms with van der Waals surface area (Å²) >= 11 is 0. The van der Waals surface area contributed by atoms with Gasteiger partial charge in [0.15, 0.2) is 0 Å². The molecule has 0 aliphatic carbocycles. The van der Waals surface area contributed by atoms with Crippen molar-refractivity contribution in [2.45, 2.75) is 56.5 Å². The van der Waals surface area contributed by atoms with Gasteiger partial charge in [-0.1, -0.05) is 6.42 Å². The van der Waals surface area contributed by atoms with E-state index in [-0.39, 0.29) is 12.8 Å². The van der Waals surface area contributed by atoms with E-state index in [0.29, 0.717) is 12.8 Å². The normalized spacial score (nSPS) is 28.1. The smallest absolute Gasteiger partial charge is 0.303 e. The summed E-state index contributed by atoms with van der Waals surface area (Å²) in [7, 11) is 0. The number of hydrogen-bond donors (Lipinski definition) is 1. The molecule has 1 fully saturated rings. The van der Waals surface area contributed by atoms with Crippen molar-refractivity contribution in [3.63, 3.8) is 0 Å². The van der Waals surface area contributed by atoms with Crippen molar-refractivity contribution in [3.05, 3.63) is 0 Å². The quantitative estimate of drug-likeness (QED) is 0.739. The van der Waals surface area contributed by atoms with Crippen LogP contribution in [0.1, 0.15) is 32.1 Å². The maximum absolute atomic E-state index is 12.3. The Labute approximate surface area is 89.2 Å². The van der Waals surface area contributed by atoms with Gasteiger partial charge in [0.25, 0.3) is 0 Å². The van der Waals surface area contributed by atoms with E-state index >= 15 is 0 Å². The van der Waals surface area contributed by atoms with Crippen LogP contribution in [0.25, 0.3) is 0 Å². The predicted octanol–water partition coefficient (Wildman–Crippen LogP) is 3.40. The van der Waals surface area contributed by atoms with E-state index in [1.54, 1.807) is 0 Å². The Kier molecular flexibility index (Phi) is 4.09. The van der Waals surface area contributed by atoms with Crippen molar-refractivity contribution in [1.29, 1.82) is 0 Å². The van der Waals surface area contributed by atoms with Gasteiger partial charge in [0.05, 0.1) is 0 Å². The van der Waals surface area contributed by atoms with E-state index in [0.717, 1.165) is 0 Å². The first-order valence-electron chi connectivity index (χ1n) is 5.08. The zero-order valence-electron chi connectivity index (χ0n) is 8.46. The molecule has 1 rings (SSSR count). The van der Waals surface area contributed by atoms with E-state index in [1.807, 2.05) is 0 Å². The average molecular weight is 249 g/mol. The standard InChI is InChI=1S/C9H13F6N/c10-8(11,12)5-4-6-2-1-3-7(16-6)9(13,14)15/h6-7,16H,1-5H2. The molecule has 1 N–H and O–H groups in total. The third-order valence-corrected chi connectivity index (χ3v) is 2.65. The molecule has 1 aliphatic heterocycles. The van der Waals surface area contributed by atoms with Gasteiger partial charge in [-0.2, -0.15) is 26.3 Å². The summed E-state index contributed by atoms with van der Waals surface area (Å²) in [5, 5.41) is 2.24. The molecule has 1 nitrogen and oxygen atoms in total. The number of piperidine rings is 1. The Hall–Kier alpha value is -0.460. The molecule has 1 saturated heterocycles.